The fourth-order valence-electron chi connectivity index (χ4n) is 1.27. The van der Waals surface area contributed by atoms with Crippen LogP contribution < -0.4 is 5.32 Å². The Hall–Kier alpha value is -1.10. The van der Waals surface area contributed by atoms with Crippen LogP contribution in [0.5, 0.6) is 0 Å². The van der Waals surface area contributed by atoms with E-state index in [0.717, 1.165) is 4.88 Å². The van der Waals surface area contributed by atoms with Crippen LogP contribution in [0.1, 0.15) is 15.4 Å². The number of nitrogens with zero attached hydrogens (tertiary/aromatic N) is 1. The lowest BCUT2D eigenvalue weighted by Gasteiger charge is -2.07. The highest BCUT2D eigenvalue weighted by Crippen LogP contribution is 2.30. The number of carbonyl (C=O) groups excluding carboxylic acids is 1. The van der Waals surface area contributed by atoms with Gasteiger partial charge in [-0.2, -0.15) is 4.37 Å². The number of aromatic nitrogens is 1. The Labute approximate surface area is 113 Å². The molecule has 0 aliphatic heterocycles. The first-order valence-electron chi connectivity index (χ1n) is 4.76. The lowest BCUT2D eigenvalue weighted by Crippen LogP contribution is -2.12. The van der Waals surface area contributed by atoms with Gasteiger partial charge in [-0.1, -0.05) is 29.3 Å². The molecule has 88 valence electrons. The van der Waals surface area contributed by atoms with Crippen LogP contribution in [-0.2, 0) is 0 Å². The minimum Gasteiger partial charge on any atom is -0.318 e. The number of aryl methyl sites for hydroxylation is 1. The molecule has 0 spiro atoms. The van der Waals surface area contributed by atoms with Gasteiger partial charge in [0, 0.05) is 4.88 Å². The van der Waals surface area contributed by atoms with Crippen LogP contribution in [0.2, 0.25) is 10.0 Å². The monoisotopic (exact) mass is 286 g/mol. The maximum atomic E-state index is 11.8. The minimum atomic E-state index is -0.315. The smallest absolute Gasteiger partial charge is 0.275 e. The van der Waals surface area contributed by atoms with Gasteiger partial charge in [0.05, 0.1) is 15.7 Å². The number of nitrogens with one attached hydrogen (secondary N) is 1. The number of halogens is 2. The van der Waals surface area contributed by atoms with Crippen LogP contribution in [0.3, 0.4) is 0 Å². The first-order valence-corrected chi connectivity index (χ1v) is 6.29. The van der Waals surface area contributed by atoms with Gasteiger partial charge in [-0.05, 0) is 36.7 Å². The number of carbonyl (C=O) groups is 1. The van der Waals surface area contributed by atoms with E-state index in [1.165, 1.54) is 11.5 Å². The van der Waals surface area contributed by atoms with Crippen molar-refractivity contribution in [2.45, 2.75) is 6.92 Å². The Morgan fingerprint density at radius 2 is 2.00 bits per heavy atom. The third-order valence-electron chi connectivity index (χ3n) is 2.06. The van der Waals surface area contributed by atoms with E-state index in [2.05, 4.69) is 9.69 Å². The molecule has 0 atom stereocenters. The largest absolute Gasteiger partial charge is 0.318 e. The summed E-state index contributed by atoms with van der Waals surface area (Å²) in [7, 11) is 0. The van der Waals surface area contributed by atoms with Crippen molar-refractivity contribution >= 4 is 46.3 Å². The number of benzene rings is 1. The van der Waals surface area contributed by atoms with E-state index in [-0.39, 0.29) is 5.91 Å². The van der Waals surface area contributed by atoms with Crippen molar-refractivity contribution in [1.82, 2.24) is 4.37 Å². The first-order chi connectivity index (χ1) is 8.08. The molecule has 17 heavy (non-hydrogen) atoms. The summed E-state index contributed by atoms with van der Waals surface area (Å²) in [6.45, 7) is 1.89. The zero-order valence-corrected chi connectivity index (χ0v) is 11.2. The molecule has 2 rings (SSSR count). The topological polar surface area (TPSA) is 42.0 Å². The van der Waals surface area contributed by atoms with Crippen LogP contribution in [-0.4, -0.2) is 10.3 Å². The summed E-state index contributed by atoms with van der Waals surface area (Å²) in [6.07, 6.45) is 0. The van der Waals surface area contributed by atoms with E-state index in [4.69, 9.17) is 23.2 Å². The SMILES string of the molecule is Cc1cc(C(=O)Nc2c(Cl)cccc2Cl)ns1. The molecule has 0 aliphatic rings. The molecule has 2 aromatic rings. The van der Waals surface area contributed by atoms with E-state index in [1.807, 2.05) is 6.92 Å². The van der Waals surface area contributed by atoms with Crippen LogP contribution in [0, 0.1) is 6.92 Å². The summed E-state index contributed by atoms with van der Waals surface area (Å²) in [5.41, 5.74) is 0.773. The predicted octanol–water partition coefficient (Wildman–Crippen LogP) is 4.01. The average molecular weight is 287 g/mol. The summed E-state index contributed by atoms with van der Waals surface area (Å²) >= 11 is 13.2. The molecule has 0 fully saturated rings. The van der Waals surface area contributed by atoms with Crippen molar-refractivity contribution in [3.63, 3.8) is 0 Å². The summed E-state index contributed by atoms with van der Waals surface area (Å²) in [6, 6.07) is 6.75. The van der Waals surface area contributed by atoms with Crippen molar-refractivity contribution < 1.29 is 4.79 Å². The van der Waals surface area contributed by atoms with E-state index < -0.39 is 0 Å². The Bertz CT molecular complexity index is 548. The Morgan fingerprint density at radius 1 is 1.35 bits per heavy atom. The van der Waals surface area contributed by atoms with Crippen molar-refractivity contribution in [2.24, 2.45) is 0 Å². The predicted molar refractivity (Wildman–Crippen MR) is 71.3 cm³/mol. The standard InChI is InChI=1S/C11H8Cl2N2OS/c1-6-5-9(15-17-6)11(16)14-10-7(12)3-2-4-8(10)13/h2-5H,1H3,(H,14,16). The highest BCUT2D eigenvalue weighted by molar-refractivity contribution is 7.05. The van der Waals surface area contributed by atoms with Crippen molar-refractivity contribution in [3.05, 3.63) is 44.9 Å². The van der Waals surface area contributed by atoms with Gasteiger partial charge in [-0.25, -0.2) is 0 Å². The molecule has 0 radical (unpaired) electrons. The summed E-state index contributed by atoms with van der Waals surface area (Å²) in [5, 5.41) is 3.45. The number of para-hydroxylation sites is 1. The Morgan fingerprint density at radius 3 is 2.53 bits per heavy atom. The molecule has 0 bridgehead atoms. The van der Waals surface area contributed by atoms with Gasteiger partial charge in [0.15, 0.2) is 0 Å². The van der Waals surface area contributed by atoms with Crippen molar-refractivity contribution in [1.29, 1.82) is 0 Å². The second kappa shape index (κ2) is 5.04. The van der Waals surface area contributed by atoms with Crippen LogP contribution in [0.25, 0.3) is 0 Å². The second-order valence-electron chi connectivity index (χ2n) is 3.37. The first kappa shape index (κ1) is 12.4. The normalized spacial score (nSPS) is 10.3. The van der Waals surface area contributed by atoms with E-state index in [1.54, 1.807) is 24.3 Å². The summed E-state index contributed by atoms with van der Waals surface area (Å²) in [5.74, 6) is -0.315. The van der Waals surface area contributed by atoms with Crippen LogP contribution in [0.4, 0.5) is 5.69 Å². The van der Waals surface area contributed by atoms with Crippen molar-refractivity contribution in [3.8, 4) is 0 Å². The average Bonchev–Trinajstić information content (AvgIpc) is 2.70. The molecule has 1 N–H and O–H groups in total. The van der Waals surface area contributed by atoms with Gasteiger partial charge in [-0.15, -0.1) is 0 Å². The zero-order chi connectivity index (χ0) is 12.4. The van der Waals surface area contributed by atoms with Gasteiger partial charge >= 0.3 is 0 Å². The molecular weight excluding hydrogens is 279 g/mol. The van der Waals surface area contributed by atoms with Crippen LogP contribution >= 0.6 is 34.7 Å². The molecule has 6 heteroatoms. The molecular formula is C11H8Cl2N2OS. The number of hydrogen-bond donors (Lipinski definition) is 1. The molecule has 0 saturated heterocycles. The fourth-order valence-corrected chi connectivity index (χ4v) is 2.30. The maximum Gasteiger partial charge on any atom is 0.275 e. The lowest BCUT2D eigenvalue weighted by molar-refractivity contribution is 0.102. The van der Waals surface area contributed by atoms with E-state index in [0.29, 0.717) is 21.4 Å². The lowest BCUT2D eigenvalue weighted by atomic mass is 10.3. The number of anilines is 1. The quantitative estimate of drug-likeness (QED) is 0.906. The summed E-state index contributed by atoms with van der Waals surface area (Å²) in [4.78, 5) is 12.8. The van der Waals surface area contributed by atoms with E-state index in [9.17, 15) is 4.79 Å². The molecule has 0 aliphatic carbocycles. The van der Waals surface area contributed by atoms with Crippen molar-refractivity contribution in [2.75, 3.05) is 5.32 Å². The van der Waals surface area contributed by atoms with Gasteiger partial charge in [-0.3, -0.25) is 4.79 Å². The van der Waals surface area contributed by atoms with Gasteiger partial charge in [0.1, 0.15) is 5.69 Å². The molecule has 1 amide bonds. The Kier molecular flexibility index (Phi) is 3.66. The van der Waals surface area contributed by atoms with Gasteiger partial charge in [0.2, 0.25) is 0 Å². The highest BCUT2D eigenvalue weighted by Gasteiger charge is 2.13. The molecule has 0 unspecified atom stereocenters. The minimum absolute atomic E-state index is 0.315. The van der Waals surface area contributed by atoms with Gasteiger partial charge < -0.3 is 5.32 Å². The fraction of sp³-hybridized carbons (Fsp3) is 0.0909. The second-order valence-corrected chi connectivity index (χ2v) is 5.20. The van der Waals surface area contributed by atoms with E-state index >= 15 is 0 Å². The third-order valence-corrected chi connectivity index (χ3v) is 3.39. The number of rotatable bonds is 2. The molecule has 3 nitrogen and oxygen atoms in total. The summed E-state index contributed by atoms with van der Waals surface area (Å²) < 4.78 is 4.01. The molecule has 0 saturated carbocycles. The molecule has 1 aromatic heterocycles. The maximum absolute atomic E-state index is 11.8. The third kappa shape index (κ3) is 2.77. The number of amides is 1. The number of hydrogen-bond acceptors (Lipinski definition) is 3. The van der Waals surface area contributed by atoms with Crippen LogP contribution in [0.15, 0.2) is 24.3 Å². The Balaban J connectivity index is 2.24. The molecule has 1 heterocycles. The highest BCUT2D eigenvalue weighted by atomic mass is 35.5. The molecule has 1 aromatic carbocycles. The van der Waals surface area contributed by atoms with Gasteiger partial charge in [0.25, 0.3) is 5.91 Å². The zero-order valence-electron chi connectivity index (χ0n) is 8.83.